The number of anilines is 2. The maximum absolute atomic E-state index is 5.60. The fourth-order valence-corrected chi connectivity index (χ4v) is 1.40. The van der Waals surface area contributed by atoms with Gasteiger partial charge in [-0.3, -0.25) is 0 Å². The highest BCUT2D eigenvalue weighted by Crippen LogP contribution is 2.15. The number of halogens is 4. The van der Waals surface area contributed by atoms with E-state index in [1.807, 2.05) is 24.3 Å². The summed E-state index contributed by atoms with van der Waals surface area (Å²) in [5.41, 5.74) is 1.93. The summed E-state index contributed by atoms with van der Waals surface area (Å²) >= 11 is 22.4. The maximum atomic E-state index is 5.60. The Kier molecular flexibility index (Phi) is 6.44. The highest BCUT2D eigenvalue weighted by Gasteiger charge is 2.00. The fourth-order valence-electron chi connectivity index (χ4n) is 1.10. The summed E-state index contributed by atoms with van der Waals surface area (Å²) in [6.45, 7) is 1.03. The molecule has 2 nitrogen and oxygen atoms in total. The molecule has 0 radical (unpaired) electrons. The van der Waals surface area contributed by atoms with Crippen molar-refractivity contribution >= 4 is 57.8 Å². The molecule has 0 unspecified atom stereocenters. The second-order valence-corrected chi connectivity index (χ2v) is 5.68. The second-order valence-electron chi connectivity index (χ2n) is 3.12. The molecule has 1 aromatic rings. The summed E-state index contributed by atoms with van der Waals surface area (Å²) in [6.07, 6.45) is 0. The van der Waals surface area contributed by atoms with E-state index in [0.717, 1.165) is 11.4 Å². The van der Waals surface area contributed by atoms with Crippen molar-refractivity contribution in [1.82, 2.24) is 0 Å². The monoisotopic (exact) mass is 300 g/mol. The van der Waals surface area contributed by atoms with Gasteiger partial charge >= 0.3 is 0 Å². The van der Waals surface area contributed by atoms with Crippen molar-refractivity contribution in [2.45, 2.75) is 9.67 Å². The maximum Gasteiger partial charge on any atom is 0.124 e. The van der Waals surface area contributed by atoms with E-state index in [2.05, 4.69) is 10.6 Å². The third-order valence-corrected chi connectivity index (χ3v) is 2.42. The van der Waals surface area contributed by atoms with Crippen LogP contribution in [-0.4, -0.2) is 22.8 Å². The molecule has 0 amide bonds. The van der Waals surface area contributed by atoms with Gasteiger partial charge in [-0.1, -0.05) is 0 Å². The van der Waals surface area contributed by atoms with Crippen LogP contribution in [0.25, 0.3) is 0 Å². The summed E-state index contributed by atoms with van der Waals surface area (Å²) < 4.78 is 0. The van der Waals surface area contributed by atoms with Gasteiger partial charge < -0.3 is 10.6 Å². The van der Waals surface area contributed by atoms with Crippen LogP contribution in [0.5, 0.6) is 0 Å². The standard InChI is InChI=1S/C10H12Cl4N2/c11-9(12)5-15-7-1-2-8(4-3-7)16-6-10(13)14/h1-4,9-10,15-16H,5-6H2. The predicted octanol–water partition coefficient (Wildman–Crippen LogP) is 4.12. The topological polar surface area (TPSA) is 24.1 Å². The van der Waals surface area contributed by atoms with E-state index in [1.54, 1.807) is 0 Å². The average Bonchev–Trinajstić information content (AvgIpc) is 2.25. The van der Waals surface area contributed by atoms with Crippen LogP contribution >= 0.6 is 46.4 Å². The quantitative estimate of drug-likeness (QED) is 0.773. The molecular weight excluding hydrogens is 290 g/mol. The van der Waals surface area contributed by atoms with Crippen LogP contribution in [0.4, 0.5) is 11.4 Å². The molecule has 0 atom stereocenters. The van der Waals surface area contributed by atoms with Crippen molar-refractivity contribution < 1.29 is 0 Å². The Morgan fingerprint density at radius 3 is 1.31 bits per heavy atom. The summed E-state index contributed by atoms with van der Waals surface area (Å²) in [7, 11) is 0. The van der Waals surface area contributed by atoms with Gasteiger partial charge in [0.2, 0.25) is 0 Å². The molecule has 2 N–H and O–H groups in total. The summed E-state index contributed by atoms with van der Waals surface area (Å²) in [5, 5.41) is 6.18. The molecule has 90 valence electrons. The lowest BCUT2D eigenvalue weighted by Crippen LogP contribution is -2.09. The summed E-state index contributed by atoms with van der Waals surface area (Å²) in [5.74, 6) is 0. The van der Waals surface area contributed by atoms with E-state index in [-0.39, 0.29) is 0 Å². The fraction of sp³-hybridized carbons (Fsp3) is 0.400. The van der Waals surface area contributed by atoms with Gasteiger partial charge in [0.1, 0.15) is 9.67 Å². The zero-order valence-corrected chi connectivity index (χ0v) is 11.4. The Balaban J connectivity index is 2.41. The smallest absolute Gasteiger partial charge is 0.124 e. The van der Waals surface area contributed by atoms with Crippen LogP contribution in [0.1, 0.15) is 0 Å². The van der Waals surface area contributed by atoms with Crippen molar-refractivity contribution in [1.29, 1.82) is 0 Å². The Hall–Kier alpha value is -0.0200. The van der Waals surface area contributed by atoms with Gasteiger partial charge in [-0.25, -0.2) is 0 Å². The van der Waals surface area contributed by atoms with E-state index >= 15 is 0 Å². The van der Waals surface area contributed by atoms with Crippen molar-refractivity contribution in [2.24, 2.45) is 0 Å². The molecule has 0 aromatic heterocycles. The average molecular weight is 302 g/mol. The minimum atomic E-state index is -0.411. The molecule has 0 saturated heterocycles. The van der Waals surface area contributed by atoms with E-state index < -0.39 is 9.67 Å². The van der Waals surface area contributed by atoms with Gasteiger partial charge in [-0.15, -0.1) is 46.4 Å². The lowest BCUT2D eigenvalue weighted by molar-refractivity contribution is 1.15. The number of rotatable bonds is 6. The molecule has 6 heteroatoms. The van der Waals surface area contributed by atoms with Crippen LogP contribution in [0.15, 0.2) is 24.3 Å². The minimum Gasteiger partial charge on any atom is -0.382 e. The SMILES string of the molecule is ClC(Cl)CNc1ccc(NCC(Cl)Cl)cc1. The Morgan fingerprint density at radius 1 is 0.750 bits per heavy atom. The first-order chi connectivity index (χ1) is 7.58. The Morgan fingerprint density at radius 2 is 1.06 bits per heavy atom. The van der Waals surface area contributed by atoms with Crippen LogP contribution in [0.3, 0.4) is 0 Å². The van der Waals surface area contributed by atoms with Gasteiger partial charge in [0.05, 0.1) is 0 Å². The van der Waals surface area contributed by atoms with Crippen molar-refractivity contribution in [3.8, 4) is 0 Å². The number of nitrogens with one attached hydrogen (secondary N) is 2. The van der Waals surface area contributed by atoms with E-state index in [0.29, 0.717) is 13.1 Å². The number of hydrogen-bond donors (Lipinski definition) is 2. The van der Waals surface area contributed by atoms with Gasteiger partial charge in [-0.2, -0.15) is 0 Å². The molecule has 1 aromatic carbocycles. The highest BCUT2D eigenvalue weighted by atomic mass is 35.5. The molecular formula is C10H12Cl4N2. The van der Waals surface area contributed by atoms with Crippen molar-refractivity contribution in [2.75, 3.05) is 23.7 Å². The molecule has 0 saturated carbocycles. The van der Waals surface area contributed by atoms with E-state index in [1.165, 1.54) is 0 Å². The van der Waals surface area contributed by atoms with Gasteiger partial charge in [0.25, 0.3) is 0 Å². The van der Waals surface area contributed by atoms with Crippen LogP contribution in [-0.2, 0) is 0 Å². The highest BCUT2D eigenvalue weighted by molar-refractivity contribution is 6.44. The van der Waals surface area contributed by atoms with Crippen molar-refractivity contribution in [3.63, 3.8) is 0 Å². The third-order valence-electron chi connectivity index (χ3n) is 1.81. The van der Waals surface area contributed by atoms with Crippen LogP contribution in [0.2, 0.25) is 0 Å². The molecule has 0 aliphatic carbocycles. The zero-order chi connectivity index (χ0) is 12.0. The first-order valence-corrected chi connectivity index (χ1v) is 6.46. The van der Waals surface area contributed by atoms with Crippen LogP contribution < -0.4 is 10.6 Å². The minimum absolute atomic E-state index is 0.411. The van der Waals surface area contributed by atoms with E-state index in [4.69, 9.17) is 46.4 Å². The van der Waals surface area contributed by atoms with Gasteiger partial charge in [0.15, 0.2) is 0 Å². The Labute approximate surface area is 115 Å². The molecule has 0 aliphatic heterocycles. The molecule has 0 fully saturated rings. The van der Waals surface area contributed by atoms with Gasteiger partial charge in [-0.05, 0) is 24.3 Å². The van der Waals surface area contributed by atoms with E-state index in [9.17, 15) is 0 Å². The lowest BCUT2D eigenvalue weighted by atomic mass is 10.3. The van der Waals surface area contributed by atoms with Crippen molar-refractivity contribution in [3.05, 3.63) is 24.3 Å². The Bertz CT molecular complexity index is 269. The largest absolute Gasteiger partial charge is 0.382 e. The first-order valence-electron chi connectivity index (χ1n) is 4.72. The first kappa shape index (κ1) is 14.0. The van der Waals surface area contributed by atoms with Gasteiger partial charge in [0, 0.05) is 24.5 Å². The molecule has 0 aliphatic rings. The predicted molar refractivity (Wildman–Crippen MR) is 74.4 cm³/mol. The molecule has 1 rings (SSSR count). The third kappa shape index (κ3) is 5.90. The number of benzene rings is 1. The molecule has 0 bridgehead atoms. The zero-order valence-electron chi connectivity index (χ0n) is 8.39. The number of alkyl halides is 4. The number of hydrogen-bond acceptors (Lipinski definition) is 2. The second kappa shape index (κ2) is 7.33. The molecule has 16 heavy (non-hydrogen) atoms. The molecule has 0 spiro atoms. The van der Waals surface area contributed by atoms with Crippen LogP contribution in [0, 0.1) is 0 Å². The molecule has 0 heterocycles. The lowest BCUT2D eigenvalue weighted by Gasteiger charge is -2.09. The summed E-state index contributed by atoms with van der Waals surface area (Å²) in [4.78, 5) is -0.822. The normalized spacial score (nSPS) is 10.9. The summed E-state index contributed by atoms with van der Waals surface area (Å²) in [6, 6.07) is 7.71.